The van der Waals surface area contributed by atoms with Crippen molar-refractivity contribution in [2.75, 3.05) is 13.6 Å². The smallest absolute Gasteiger partial charge is 0.254 e. The Morgan fingerprint density at radius 2 is 1.96 bits per heavy atom. The van der Waals surface area contributed by atoms with Crippen LogP contribution in [0.1, 0.15) is 60.9 Å². The molecule has 27 heavy (non-hydrogen) atoms. The van der Waals surface area contributed by atoms with Gasteiger partial charge < -0.3 is 9.47 Å². The third-order valence-electron chi connectivity index (χ3n) is 5.51. The topological polar surface area (TPSA) is 41.4 Å². The second-order valence-electron chi connectivity index (χ2n) is 7.87. The number of aryl methyl sites for hydroxylation is 2. The van der Waals surface area contributed by atoms with E-state index < -0.39 is 0 Å². The lowest BCUT2D eigenvalue weighted by Crippen LogP contribution is -2.32. The van der Waals surface area contributed by atoms with E-state index in [0.717, 1.165) is 50.2 Å². The van der Waals surface area contributed by atoms with Gasteiger partial charge in [0.2, 0.25) is 0 Å². The second-order valence-corrected chi connectivity index (χ2v) is 7.87. The van der Waals surface area contributed by atoms with Crippen LogP contribution in [0.15, 0.2) is 30.6 Å². The largest absolute Gasteiger partial charge is 0.333 e. The van der Waals surface area contributed by atoms with E-state index in [0.29, 0.717) is 12.6 Å². The number of amides is 1. The van der Waals surface area contributed by atoms with Gasteiger partial charge in [0.1, 0.15) is 0 Å². The van der Waals surface area contributed by atoms with E-state index >= 15 is 0 Å². The maximum atomic E-state index is 13.1. The van der Waals surface area contributed by atoms with Gasteiger partial charge in [-0.3, -0.25) is 9.69 Å². The fraction of sp³-hybridized carbons (Fsp3) is 0.545. The van der Waals surface area contributed by atoms with Gasteiger partial charge in [-0.05, 0) is 51.4 Å². The van der Waals surface area contributed by atoms with Gasteiger partial charge in [0.15, 0.2) is 0 Å². The van der Waals surface area contributed by atoms with Crippen molar-refractivity contribution in [3.05, 3.63) is 53.1 Å². The first-order valence-electron chi connectivity index (χ1n) is 10.1. The third-order valence-corrected chi connectivity index (χ3v) is 5.51. The van der Waals surface area contributed by atoms with E-state index in [1.54, 1.807) is 0 Å². The summed E-state index contributed by atoms with van der Waals surface area (Å²) in [6.07, 6.45) is 5.08. The predicted octanol–water partition coefficient (Wildman–Crippen LogP) is 3.72. The average Bonchev–Trinajstić information content (AvgIpc) is 2.89. The van der Waals surface area contributed by atoms with Crippen LogP contribution in [0.5, 0.6) is 0 Å². The summed E-state index contributed by atoms with van der Waals surface area (Å²) in [5.41, 5.74) is 4.34. The molecular formula is C22H32N4O. The average molecular weight is 369 g/mol. The number of nitrogens with zero attached hydrogens (tertiary/aromatic N) is 4. The SMILES string of the molecule is CCCc1ccc(C(=O)N2CCCn3cnc(CN(C)C(C)C)c3C2)cc1. The van der Waals surface area contributed by atoms with Gasteiger partial charge in [-0.1, -0.05) is 25.5 Å². The number of carbonyl (C=O) groups is 1. The number of rotatable bonds is 6. The molecule has 5 heteroatoms. The molecule has 1 aliphatic rings. The first-order chi connectivity index (χ1) is 13.0. The summed E-state index contributed by atoms with van der Waals surface area (Å²) in [5, 5.41) is 0. The minimum Gasteiger partial charge on any atom is -0.333 e. The van der Waals surface area contributed by atoms with Crippen molar-refractivity contribution in [3.8, 4) is 0 Å². The molecule has 0 spiro atoms. The molecule has 5 nitrogen and oxygen atoms in total. The summed E-state index contributed by atoms with van der Waals surface area (Å²) >= 11 is 0. The fourth-order valence-corrected chi connectivity index (χ4v) is 3.53. The number of carbonyl (C=O) groups excluding carboxylic acids is 1. The first-order valence-corrected chi connectivity index (χ1v) is 10.1. The Labute approximate surface area is 163 Å². The number of benzene rings is 1. The Morgan fingerprint density at radius 3 is 2.63 bits per heavy atom. The Balaban J connectivity index is 1.77. The summed E-state index contributed by atoms with van der Waals surface area (Å²) in [4.78, 5) is 22.0. The van der Waals surface area contributed by atoms with Crippen molar-refractivity contribution < 1.29 is 4.79 Å². The molecule has 2 heterocycles. The zero-order chi connectivity index (χ0) is 19.4. The van der Waals surface area contributed by atoms with Gasteiger partial charge >= 0.3 is 0 Å². The van der Waals surface area contributed by atoms with Crippen molar-refractivity contribution in [3.63, 3.8) is 0 Å². The highest BCUT2D eigenvalue weighted by molar-refractivity contribution is 5.94. The molecule has 0 N–H and O–H groups in total. The maximum absolute atomic E-state index is 13.1. The summed E-state index contributed by atoms with van der Waals surface area (Å²) in [5.74, 6) is 0.121. The van der Waals surface area contributed by atoms with Crippen molar-refractivity contribution in [2.24, 2.45) is 0 Å². The van der Waals surface area contributed by atoms with Gasteiger partial charge in [0, 0.05) is 31.2 Å². The monoisotopic (exact) mass is 368 g/mol. The molecule has 0 atom stereocenters. The van der Waals surface area contributed by atoms with E-state index in [4.69, 9.17) is 0 Å². The highest BCUT2D eigenvalue weighted by atomic mass is 16.2. The van der Waals surface area contributed by atoms with Crippen molar-refractivity contribution in [1.82, 2.24) is 19.4 Å². The van der Waals surface area contributed by atoms with Crippen LogP contribution < -0.4 is 0 Å². The van der Waals surface area contributed by atoms with E-state index in [9.17, 15) is 4.79 Å². The molecule has 0 saturated carbocycles. The van der Waals surface area contributed by atoms with Crippen molar-refractivity contribution >= 4 is 5.91 Å². The normalized spacial score (nSPS) is 14.5. The second kappa shape index (κ2) is 8.70. The van der Waals surface area contributed by atoms with Crippen LogP contribution in [0.2, 0.25) is 0 Å². The molecular weight excluding hydrogens is 336 g/mol. The Bertz CT molecular complexity index is 763. The maximum Gasteiger partial charge on any atom is 0.254 e. The van der Waals surface area contributed by atoms with E-state index in [-0.39, 0.29) is 5.91 Å². The Hall–Kier alpha value is -2.14. The summed E-state index contributed by atoms with van der Waals surface area (Å²) in [6, 6.07) is 8.59. The van der Waals surface area contributed by atoms with Gasteiger partial charge in [-0.15, -0.1) is 0 Å². The lowest BCUT2D eigenvalue weighted by atomic mass is 10.1. The number of hydrogen-bond acceptors (Lipinski definition) is 3. The summed E-state index contributed by atoms with van der Waals surface area (Å²) < 4.78 is 2.22. The molecule has 146 valence electrons. The highest BCUT2D eigenvalue weighted by Gasteiger charge is 2.23. The van der Waals surface area contributed by atoms with Crippen LogP contribution in [0.25, 0.3) is 0 Å². The molecule has 1 amide bonds. The summed E-state index contributed by atoms with van der Waals surface area (Å²) in [7, 11) is 2.12. The van der Waals surface area contributed by atoms with Crippen molar-refractivity contribution in [2.45, 2.75) is 65.7 Å². The quantitative estimate of drug-likeness (QED) is 0.780. The van der Waals surface area contributed by atoms with Crippen LogP contribution in [0.4, 0.5) is 0 Å². The zero-order valence-corrected chi connectivity index (χ0v) is 17.1. The van der Waals surface area contributed by atoms with Crippen LogP contribution in [-0.2, 0) is 26.1 Å². The molecule has 0 unspecified atom stereocenters. The molecule has 1 aromatic heterocycles. The Morgan fingerprint density at radius 1 is 1.22 bits per heavy atom. The fourth-order valence-electron chi connectivity index (χ4n) is 3.53. The number of fused-ring (bicyclic) bond motifs is 1. The van der Waals surface area contributed by atoms with Crippen molar-refractivity contribution in [1.29, 1.82) is 0 Å². The van der Waals surface area contributed by atoms with Gasteiger partial charge in [-0.2, -0.15) is 0 Å². The molecule has 1 aliphatic heterocycles. The number of aromatic nitrogens is 2. The molecule has 0 bridgehead atoms. The predicted molar refractivity (Wildman–Crippen MR) is 109 cm³/mol. The molecule has 0 fully saturated rings. The zero-order valence-electron chi connectivity index (χ0n) is 17.1. The standard InChI is InChI=1S/C22H32N4O/c1-5-7-18-8-10-19(11-9-18)22(27)25-12-6-13-26-16-23-20(21(26)15-25)14-24(4)17(2)3/h8-11,16-17H,5-7,12-15H2,1-4H3. The molecule has 3 rings (SSSR count). The number of hydrogen-bond donors (Lipinski definition) is 0. The third kappa shape index (κ3) is 4.59. The minimum absolute atomic E-state index is 0.121. The molecule has 0 saturated heterocycles. The number of imidazole rings is 1. The van der Waals surface area contributed by atoms with Gasteiger partial charge in [-0.25, -0.2) is 4.98 Å². The minimum atomic E-state index is 0.121. The molecule has 0 radical (unpaired) electrons. The molecule has 1 aromatic carbocycles. The lowest BCUT2D eigenvalue weighted by molar-refractivity contribution is 0.0745. The van der Waals surface area contributed by atoms with E-state index in [1.165, 1.54) is 11.3 Å². The molecule has 2 aromatic rings. The van der Waals surface area contributed by atoms with E-state index in [1.807, 2.05) is 23.4 Å². The highest BCUT2D eigenvalue weighted by Crippen LogP contribution is 2.20. The van der Waals surface area contributed by atoms with Gasteiger partial charge in [0.05, 0.1) is 24.3 Å². The van der Waals surface area contributed by atoms with Crippen LogP contribution >= 0.6 is 0 Å². The molecule has 0 aliphatic carbocycles. The summed E-state index contributed by atoms with van der Waals surface area (Å²) in [6.45, 7) is 9.71. The van der Waals surface area contributed by atoms with Gasteiger partial charge in [0.25, 0.3) is 5.91 Å². The van der Waals surface area contributed by atoms with E-state index in [2.05, 4.69) is 54.4 Å². The van der Waals surface area contributed by atoms with Crippen LogP contribution in [0.3, 0.4) is 0 Å². The lowest BCUT2D eigenvalue weighted by Gasteiger charge is -2.23. The van der Waals surface area contributed by atoms with Crippen LogP contribution in [-0.4, -0.2) is 44.9 Å². The van der Waals surface area contributed by atoms with Crippen LogP contribution in [0, 0.1) is 0 Å². The first kappa shape index (κ1) is 19.6. The Kier molecular flexibility index (Phi) is 6.32.